The summed E-state index contributed by atoms with van der Waals surface area (Å²) >= 11 is 0. The number of fused-ring (bicyclic) bond motifs is 3. The highest BCUT2D eigenvalue weighted by Crippen LogP contribution is 2.48. The molecule has 0 radical (unpaired) electrons. The Morgan fingerprint density at radius 1 is 1.08 bits per heavy atom. The van der Waals surface area contributed by atoms with Gasteiger partial charge in [-0.1, -0.05) is 18.2 Å². The Morgan fingerprint density at radius 3 is 2.49 bits per heavy atom. The number of nitrogens with zero attached hydrogens (tertiary/aromatic N) is 1. The molecule has 2 heterocycles. The minimum atomic E-state index is -0.984. The molecule has 0 aromatic heterocycles. The molecule has 0 spiro atoms. The van der Waals surface area contributed by atoms with Gasteiger partial charge in [0.25, 0.3) is 0 Å². The average Bonchev–Trinajstić information content (AvgIpc) is 3.21. The van der Waals surface area contributed by atoms with Crippen LogP contribution in [0.3, 0.4) is 0 Å². The smallest absolute Gasteiger partial charge is 0.337 e. The molecule has 0 fully saturated rings. The van der Waals surface area contributed by atoms with Crippen LogP contribution in [0.15, 0.2) is 53.5 Å². The first-order valence-corrected chi connectivity index (χ1v) is 13.4. The van der Waals surface area contributed by atoms with Crippen molar-refractivity contribution in [1.82, 2.24) is 0 Å². The second kappa shape index (κ2) is 9.95. The molecule has 0 bridgehead atoms. The van der Waals surface area contributed by atoms with Gasteiger partial charge in [-0.2, -0.15) is 0 Å². The predicted octanol–water partition coefficient (Wildman–Crippen LogP) is 6.29. The molecule has 2 aliphatic heterocycles. The fourth-order valence-corrected chi connectivity index (χ4v) is 5.51. The molecule has 0 aliphatic carbocycles. The standard InChI is InChI=1S/C32H36N2O5/c1-7-38-26-15-21-16-31(2,3)34-28(27(21)24-17-32(4,5)39-29(24)26)20-10-13-23(30(35)36)25(14-20)33-18-19-8-11-22(37-6)12-9-19/h8-15,33H,7,16-18H2,1-6H3,(H,35,36). The molecule has 0 saturated carbocycles. The fourth-order valence-electron chi connectivity index (χ4n) is 5.51. The third-order valence-electron chi connectivity index (χ3n) is 7.15. The third kappa shape index (κ3) is 5.31. The number of hydrogen-bond acceptors (Lipinski definition) is 6. The first kappa shape index (κ1) is 26.6. The number of aromatic carboxylic acids is 1. The third-order valence-corrected chi connectivity index (χ3v) is 7.15. The van der Waals surface area contributed by atoms with Gasteiger partial charge in [0.15, 0.2) is 11.5 Å². The SMILES string of the molecule is CCOc1cc2c(c3c1OC(C)(C)C3)C(c1ccc(C(=O)O)c(NCc3ccc(OC)cc3)c1)=NC(C)(C)C2. The van der Waals surface area contributed by atoms with E-state index in [0.717, 1.165) is 58.1 Å². The van der Waals surface area contributed by atoms with Crippen LogP contribution in [-0.4, -0.2) is 41.6 Å². The fraction of sp³-hybridized carbons (Fsp3) is 0.375. The Kier molecular flexibility index (Phi) is 6.79. The highest BCUT2D eigenvalue weighted by Gasteiger charge is 2.40. The molecule has 3 aromatic carbocycles. The van der Waals surface area contributed by atoms with Crippen molar-refractivity contribution in [1.29, 1.82) is 0 Å². The lowest BCUT2D eigenvalue weighted by atomic mass is 9.80. The molecule has 39 heavy (non-hydrogen) atoms. The first-order valence-electron chi connectivity index (χ1n) is 13.4. The van der Waals surface area contributed by atoms with Crippen LogP contribution in [0, 0.1) is 0 Å². The van der Waals surface area contributed by atoms with E-state index in [2.05, 4.69) is 39.1 Å². The number of carboxylic acid groups (broad SMARTS) is 1. The van der Waals surface area contributed by atoms with Crippen LogP contribution in [0.5, 0.6) is 17.2 Å². The largest absolute Gasteiger partial charge is 0.497 e. The molecule has 5 rings (SSSR count). The van der Waals surface area contributed by atoms with E-state index in [9.17, 15) is 9.90 Å². The number of benzene rings is 3. The Hall–Kier alpha value is -4.00. The first-order chi connectivity index (χ1) is 18.5. The molecule has 0 unspecified atom stereocenters. The summed E-state index contributed by atoms with van der Waals surface area (Å²) in [5, 5.41) is 13.3. The monoisotopic (exact) mass is 528 g/mol. The van der Waals surface area contributed by atoms with Gasteiger partial charge in [-0.25, -0.2) is 4.79 Å². The van der Waals surface area contributed by atoms with Crippen LogP contribution in [0.2, 0.25) is 0 Å². The summed E-state index contributed by atoms with van der Waals surface area (Å²) in [6.45, 7) is 11.4. The van der Waals surface area contributed by atoms with Gasteiger partial charge >= 0.3 is 5.97 Å². The molecule has 0 atom stereocenters. The lowest BCUT2D eigenvalue weighted by molar-refractivity contribution is 0.0698. The van der Waals surface area contributed by atoms with Crippen molar-refractivity contribution in [3.05, 3.63) is 81.9 Å². The normalized spacial score (nSPS) is 16.4. The van der Waals surface area contributed by atoms with Gasteiger partial charge in [-0.3, -0.25) is 4.99 Å². The summed E-state index contributed by atoms with van der Waals surface area (Å²) in [4.78, 5) is 17.3. The summed E-state index contributed by atoms with van der Waals surface area (Å²) < 4.78 is 17.6. The van der Waals surface area contributed by atoms with Crippen LogP contribution in [0.1, 0.15) is 72.8 Å². The topological polar surface area (TPSA) is 89.4 Å². The van der Waals surface area contributed by atoms with Gasteiger partial charge in [0.05, 0.1) is 30.5 Å². The Morgan fingerprint density at radius 2 is 1.82 bits per heavy atom. The maximum atomic E-state index is 12.1. The van der Waals surface area contributed by atoms with E-state index in [1.807, 2.05) is 43.3 Å². The number of ether oxygens (including phenoxy) is 3. The Labute approximate surface area is 229 Å². The Bertz CT molecular complexity index is 1450. The molecule has 2 aliphatic rings. The maximum Gasteiger partial charge on any atom is 0.337 e. The van der Waals surface area contributed by atoms with Gasteiger partial charge in [0, 0.05) is 35.3 Å². The number of anilines is 1. The lowest BCUT2D eigenvalue weighted by Gasteiger charge is -2.31. The van der Waals surface area contributed by atoms with Gasteiger partial charge in [-0.15, -0.1) is 0 Å². The number of carbonyl (C=O) groups is 1. The highest BCUT2D eigenvalue weighted by atomic mass is 16.5. The Balaban J connectivity index is 1.59. The van der Waals surface area contributed by atoms with Crippen molar-refractivity contribution >= 4 is 17.4 Å². The van der Waals surface area contributed by atoms with Crippen LogP contribution in [-0.2, 0) is 19.4 Å². The van der Waals surface area contributed by atoms with Crippen LogP contribution in [0.25, 0.3) is 0 Å². The molecule has 7 nitrogen and oxygen atoms in total. The van der Waals surface area contributed by atoms with Gasteiger partial charge in [-0.05, 0) is 82.5 Å². The number of carboxylic acids is 1. The van der Waals surface area contributed by atoms with Crippen LogP contribution >= 0.6 is 0 Å². The highest BCUT2D eigenvalue weighted by molar-refractivity contribution is 6.17. The summed E-state index contributed by atoms with van der Waals surface area (Å²) in [7, 11) is 1.63. The number of aliphatic imine (C=N–C) groups is 1. The number of rotatable bonds is 8. The van der Waals surface area contributed by atoms with Crippen molar-refractivity contribution in [2.24, 2.45) is 4.99 Å². The molecular formula is C32H36N2O5. The van der Waals surface area contributed by atoms with Crippen LogP contribution < -0.4 is 19.5 Å². The quantitative estimate of drug-likeness (QED) is 0.357. The minimum Gasteiger partial charge on any atom is -0.497 e. The second-order valence-corrected chi connectivity index (χ2v) is 11.4. The van der Waals surface area contributed by atoms with Crippen molar-refractivity contribution in [2.75, 3.05) is 19.0 Å². The number of hydrogen-bond donors (Lipinski definition) is 2. The summed E-state index contributed by atoms with van der Waals surface area (Å²) in [6, 6.07) is 15.2. The van der Waals surface area contributed by atoms with E-state index in [-0.39, 0.29) is 16.7 Å². The summed E-state index contributed by atoms with van der Waals surface area (Å²) in [5.74, 6) is 1.35. The minimum absolute atomic E-state index is 0.213. The summed E-state index contributed by atoms with van der Waals surface area (Å²) in [6.07, 6.45) is 1.51. The molecule has 0 saturated heterocycles. The molecule has 0 amide bonds. The van der Waals surface area contributed by atoms with Gasteiger partial charge < -0.3 is 24.6 Å². The lowest BCUT2D eigenvalue weighted by Crippen LogP contribution is -2.30. The average molecular weight is 529 g/mol. The van der Waals surface area contributed by atoms with E-state index >= 15 is 0 Å². The zero-order valence-electron chi connectivity index (χ0n) is 23.5. The van der Waals surface area contributed by atoms with Crippen molar-refractivity contribution in [2.45, 2.75) is 65.1 Å². The van der Waals surface area contributed by atoms with E-state index in [0.29, 0.717) is 18.8 Å². The van der Waals surface area contributed by atoms with Crippen LogP contribution in [0.4, 0.5) is 5.69 Å². The van der Waals surface area contributed by atoms with Crippen molar-refractivity contribution < 1.29 is 24.1 Å². The number of methoxy groups -OCH3 is 1. The summed E-state index contributed by atoms with van der Waals surface area (Å²) in [5.41, 5.74) is 6.13. The van der Waals surface area contributed by atoms with E-state index in [1.54, 1.807) is 13.2 Å². The zero-order chi connectivity index (χ0) is 27.9. The van der Waals surface area contributed by atoms with Crippen molar-refractivity contribution in [3.63, 3.8) is 0 Å². The maximum absolute atomic E-state index is 12.1. The van der Waals surface area contributed by atoms with Crippen molar-refractivity contribution in [3.8, 4) is 17.2 Å². The molecule has 3 aromatic rings. The number of nitrogens with one attached hydrogen (secondary N) is 1. The van der Waals surface area contributed by atoms with Gasteiger partial charge in [0.1, 0.15) is 11.4 Å². The molecule has 204 valence electrons. The van der Waals surface area contributed by atoms with E-state index < -0.39 is 5.97 Å². The van der Waals surface area contributed by atoms with E-state index in [1.165, 1.54) is 5.56 Å². The molecule has 2 N–H and O–H groups in total. The molecule has 7 heteroatoms. The van der Waals surface area contributed by atoms with Gasteiger partial charge in [0.2, 0.25) is 0 Å². The predicted molar refractivity (Wildman–Crippen MR) is 153 cm³/mol. The second-order valence-electron chi connectivity index (χ2n) is 11.4. The van der Waals surface area contributed by atoms with E-state index in [4.69, 9.17) is 19.2 Å². The zero-order valence-corrected chi connectivity index (χ0v) is 23.5. The molecular weight excluding hydrogens is 492 g/mol.